The molecule has 8 heteroatoms. The van der Waals surface area contributed by atoms with Crippen molar-refractivity contribution in [3.63, 3.8) is 0 Å². The summed E-state index contributed by atoms with van der Waals surface area (Å²) in [7, 11) is -3.79. The molecule has 0 bridgehead atoms. The van der Waals surface area contributed by atoms with E-state index < -0.39 is 33.1 Å². The van der Waals surface area contributed by atoms with Crippen molar-refractivity contribution in [2.75, 3.05) is 6.54 Å². The minimum atomic E-state index is -4.47. The highest BCUT2D eigenvalue weighted by Crippen LogP contribution is 2.29. The van der Waals surface area contributed by atoms with Crippen LogP contribution < -0.4 is 4.72 Å². The highest BCUT2D eigenvalue weighted by atomic mass is 32.2. The number of aliphatic hydroxyl groups is 1. The molecule has 0 amide bonds. The number of hydrogen-bond acceptors (Lipinski definition) is 3. The smallest absolute Gasteiger partial charge is 0.389 e. The summed E-state index contributed by atoms with van der Waals surface area (Å²) in [5.41, 5.74) is -0.812. The van der Waals surface area contributed by atoms with Gasteiger partial charge in [-0.3, -0.25) is 0 Å². The second kappa shape index (κ2) is 8.41. The monoisotopic (exact) mass is 401 g/mol. The van der Waals surface area contributed by atoms with Gasteiger partial charge in [0, 0.05) is 6.54 Å². The zero-order chi connectivity index (χ0) is 20.1. The quantitative estimate of drug-likeness (QED) is 0.711. The van der Waals surface area contributed by atoms with E-state index in [-0.39, 0.29) is 12.1 Å². The average molecular weight is 401 g/mol. The van der Waals surface area contributed by atoms with E-state index in [9.17, 15) is 26.7 Å². The lowest BCUT2D eigenvalue weighted by atomic mass is 9.97. The molecule has 0 aliphatic heterocycles. The summed E-state index contributed by atoms with van der Waals surface area (Å²) in [6, 6.07) is 13.5. The summed E-state index contributed by atoms with van der Waals surface area (Å²) in [4.78, 5) is 0. The molecule has 1 atom stereocenters. The van der Waals surface area contributed by atoms with Gasteiger partial charge in [-0.1, -0.05) is 42.5 Å². The minimum Gasteiger partial charge on any atom is -0.389 e. The molecule has 0 spiro atoms. The molecule has 0 heterocycles. The van der Waals surface area contributed by atoms with E-state index in [1.807, 2.05) is 30.3 Å². The second-order valence-corrected chi connectivity index (χ2v) is 8.56. The third kappa shape index (κ3) is 7.32. The summed E-state index contributed by atoms with van der Waals surface area (Å²) in [5, 5.41) is 10.4. The highest BCUT2D eigenvalue weighted by Gasteiger charge is 2.30. The maximum absolute atomic E-state index is 12.5. The maximum atomic E-state index is 12.5. The summed E-state index contributed by atoms with van der Waals surface area (Å²) in [6.07, 6.45) is -3.51. The Hall–Kier alpha value is -1.90. The van der Waals surface area contributed by atoms with Crippen LogP contribution in [-0.2, 0) is 28.4 Å². The Labute approximate surface area is 157 Å². The molecular formula is C19H22F3NO3S. The Balaban J connectivity index is 1.89. The SMILES string of the molecule is C[C@](O)(CCc1ccccc1)CNS(=O)(=O)Cc1ccc(C(F)(F)F)cc1. The molecule has 2 rings (SSSR count). The van der Waals surface area contributed by atoms with Crippen LogP contribution in [0, 0.1) is 0 Å². The number of aryl methyl sites for hydroxylation is 1. The second-order valence-electron chi connectivity index (χ2n) is 6.76. The van der Waals surface area contributed by atoms with Crippen molar-refractivity contribution in [3.05, 3.63) is 71.3 Å². The number of sulfonamides is 1. The fourth-order valence-corrected chi connectivity index (χ4v) is 3.74. The molecular weight excluding hydrogens is 379 g/mol. The van der Waals surface area contributed by atoms with E-state index >= 15 is 0 Å². The van der Waals surface area contributed by atoms with Crippen molar-refractivity contribution in [1.29, 1.82) is 0 Å². The Morgan fingerprint density at radius 2 is 1.56 bits per heavy atom. The van der Waals surface area contributed by atoms with Crippen molar-refractivity contribution in [1.82, 2.24) is 4.72 Å². The fourth-order valence-electron chi connectivity index (χ4n) is 2.47. The molecule has 0 saturated heterocycles. The van der Waals surface area contributed by atoms with Gasteiger partial charge in [0.1, 0.15) is 0 Å². The molecule has 0 saturated carbocycles. The van der Waals surface area contributed by atoms with Gasteiger partial charge in [0.25, 0.3) is 0 Å². The molecule has 0 fully saturated rings. The van der Waals surface area contributed by atoms with Crippen molar-refractivity contribution in [2.45, 2.75) is 37.3 Å². The van der Waals surface area contributed by atoms with Gasteiger partial charge in [0.05, 0.1) is 16.9 Å². The number of alkyl halides is 3. The fraction of sp³-hybridized carbons (Fsp3) is 0.368. The number of rotatable bonds is 8. The van der Waals surface area contributed by atoms with Crippen LogP contribution in [0.3, 0.4) is 0 Å². The lowest BCUT2D eigenvalue weighted by Crippen LogP contribution is -2.41. The summed E-state index contributed by atoms with van der Waals surface area (Å²) < 4.78 is 64.3. The molecule has 0 aliphatic rings. The van der Waals surface area contributed by atoms with Gasteiger partial charge in [0.2, 0.25) is 10.0 Å². The van der Waals surface area contributed by atoms with Crippen LogP contribution in [0.4, 0.5) is 13.2 Å². The van der Waals surface area contributed by atoms with Gasteiger partial charge in [-0.2, -0.15) is 13.2 Å². The predicted octanol–water partition coefficient (Wildman–Crippen LogP) is 3.51. The highest BCUT2D eigenvalue weighted by molar-refractivity contribution is 7.88. The van der Waals surface area contributed by atoms with Gasteiger partial charge < -0.3 is 5.11 Å². The first kappa shape index (κ1) is 21.4. The van der Waals surface area contributed by atoms with E-state index in [0.29, 0.717) is 12.8 Å². The average Bonchev–Trinajstić information content (AvgIpc) is 2.59. The van der Waals surface area contributed by atoms with Crippen LogP contribution in [-0.4, -0.2) is 25.7 Å². The Morgan fingerprint density at radius 3 is 2.11 bits per heavy atom. The third-order valence-corrected chi connectivity index (χ3v) is 5.40. The van der Waals surface area contributed by atoms with Crippen LogP contribution in [0.5, 0.6) is 0 Å². The van der Waals surface area contributed by atoms with Crippen LogP contribution in [0.1, 0.15) is 30.0 Å². The van der Waals surface area contributed by atoms with E-state index in [0.717, 1.165) is 29.8 Å². The topological polar surface area (TPSA) is 66.4 Å². The first-order valence-electron chi connectivity index (χ1n) is 8.37. The first-order valence-corrected chi connectivity index (χ1v) is 10.0. The predicted molar refractivity (Wildman–Crippen MR) is 97.5 cm³/mol. The normalized spacial score (nSPS) is 14.7. The maximum Gasteiger partial charge on any atom is 0.416 e. The number of benzene rings is 2. The summed E-state index contributed by atoms with van der Waals surface area (Å²) >= 11 is 0. The Kier molecular flexibility index (Phi) is 6.67. The van der Waals surface area contributed by atoms with E-state index in [4.69, 9.17) is 0 Å². The number of halogens is 3. The molecule has 0 radical (unpaired) electrons. The van der Waals surface area contributed by atoms with Crippen molar-refractivity contribution < 1.29 is 26.7 Å². The van der Waals surface area contributed by atoms with Gasteiger partial charge in [0.15, 0.2) is 0 Å². The Bertz CT molecular complexity index is 833. The number of hydrogen-bond donors (Lipinski definition) is 2. The molecule has 2 aromatic carbocycles. The Morgan fingerprint density at radius 1 is 0.963 bits per heavy atom. The molecule has 2 N–H and O–H groups in total. The molecule has 2 aromatic rings. The molecule has 0 aromatic heterocycles. The molecule has 0 unspecified atom stereocenters. The van der Waals surface area contributed by atoms with Crippen molar-refractivity contribution in [2.24, 2.45) is 0 Å². The zero-order valence-corrected chi connectivity index (χ0v) is 15.6. The lowest BCUT2D eigenvalue weighted by molar-refractivity contribution is -0.137. The van der Waals surface area contributed by atoms with E-state index in [2.05, 4.69) is 4.72 Å². The molecule has 27 heavy (non-hydrogen) atoms. The van der Waals surface area contributed by atoms with Crippen LogP contribution in [0.2, 0.25) is 0 Å². The first-order chi connectivity index (χ1) is 12.5. The van der Waals surface area contributed by atoms with Gasteiger partial charge in [-0.05, 0) is 43.0 Å². The number of nitrogens with one attached hydrogen (secondary N) is 1. The van der Waals surface area contributed by atoms with Crippen LogP contribution in [0.15, 0.2) is 54.6 Å². The van der Waals surface area contributed by atoms with Crippen molar-refractivity contribution >= 4 is 10.0 Å². The van der Waals surface area contributed by atoms with E-state index in [1.54, 1.807) is 0 Å². The summed E-state index contributed by atoms with van der Waals surface area (Å²) in [6.45, 7) is 1.36. The van der Waals surface area contributed by atoms with Crippen LogP contribution >= 0.6 is 0 Å². The summed E-state index contributed by atoms with van der Waals surface area (Å²) in [5.74, 6) is -0.458. The standard InChI is InChI=1S/C19H22F3NO3S/c1-18(24,12-11-15-5-3-2-4-6-15)14-23-27(25,26)13-16-7-9-17(10-8-16)19(20,21)22/h2-10,23-24H,11-14H2,1H3/t18-/m0/s1. The molecule has 4 nitrogen and oxygen atoms in total. The molecule has 148 valence electrons. The van der Waals surface area contributed by atoms with Crippen LogP contribution in [0.25, 0.3) is 0 Å². The largest absolute Gasteiger partial charge is 0.416 e. The van der Waals surface area contributed by atoms with Gasteiger partial charge in [-0.15, -0.1) is 0 Å². The zero-order valence-electron chi connectivity index (χ0n) is 14.8. The molecule has 0 aliphatic carbocycles. The third-order valence-electron chi connectivity index (χ3n) is 4.11. The van der Waals surface area contributed by atoms with E-state index in [1.165, 1.54) is 6.92 Å². The lowest BCUT2D eigenvalue weighted by Gasteiger charge is -2.23. The minimum absolute atomic E-state index is 0.178. The van der Waals surface area contributed by atoms with Gasteiger partial charge >= 0.3 is 6.18 Å². The van der Waals surface area contributed by atoms with Crippen molar-refractivity contribution in [3.8, 4) is 0 Å². The van der Waals surface area contributed by atoms with Gasteiger partial charge in [-0.25, -0.2) is 13.1 Å².